The predicted molar refractivity (Wildman–Crippen MR) is 143 cm³/mol. The monoisotopic (exact) mass is 500 g/mol. The van der Waals surface area contributed by atoms with Crippen molar-refractivity contribution < 1.29 is 4.74 Å². The highest BCUT2D eigenvalue weighted by atomic mass is 35.5. The van der Waals surface area contributed by atoms with Crippen LogP contribution in [0, 0.1) is 5.92 Å². The zero-order valence-corrected chi connectivity index (χ0v) is 21.2. The Morgan fingerprint density at radius 3 is 2.61 bits per heavy atom. The van der Waals surface area contributed by atoms with Crippen molar-refractivity contribution in [2.75, 3.05) is 5.73 Å². The van der Waals surface area contributed by atoms with Gasteiger partial charge in [0.1, 0.15) is 17.8 Å². The van der Waals surface area contributed by atoms with Crippen LogP contribution in [0.25, 0.3) is 11.0 Å². The van der Waals surface area contributed by atoms with E-state index in [1.165, 1.54) is 37.6 Å². The molecule has 1 fully saturated rings. The number of aromatic amines is 1. The number of benzene rings is 2. The van der Waals surface area contributed by atoms with Crippen molar-refractivity contribution in [1.29, 1.82) is 0 Å². The fourth-order valence-corrected chi connectivity index (χ4v) is 5.69. The Morgan fingerprint density at radius 2 is 1.83 bits per heavy atom. The van der Waals surface area contributed by atoms with Crippen LogP contribution in [0.2, 0.25) is 5.02 Å². The summed E-state index contributed by atoms with van der Waals surface area (Å²) in [5.41, 5.74) is 11.2. The Bertz CT molecular complexity index is 1450. The van der Waals surface area contributed by atoms with Crippen molar-refractivity contribution in [3.05, 3.63) is 70.8 Å². The van der Waals surface area contributed by atoms with Gasteiger partial charge in [-0.1, -0.05) is 35.9 Å². The molecule has 1 saturated carbocycles. The molecule has 6 rings (SSSR count). The highest BCUT2D eigenvalue weighted by Crippen LogP contribution is 2.40. The standard InChI is InChI=1S/C28H29ClN6O/c1-28(2)25(35-24-26(30)31-15-32-27(24)36-28)19-9-7-18(8-10-19)17-5-3-16(4-6-17)13-23-33-21-12-11-20(29)14-22(21)34-23/h7-12,14-17H,3-6,13H2,1-2H3,(H,33,34)(H2,30,31,32)/t16-,17-. The number of nitrogen functional groups attached to an aromatic ring is 1. The number of ether oxygens (including phenoxy) is 1. The van der Waals surface area contributed by atoms with Crippen LogP contribution in [-0.4, -0.2) is 31.2 Å². The largest absolute Gasteiger partial charge is 0.463 e. The SMILES string of the molecule is CC1(C)Oc2ncnc(N)c2N=C1c1ccc([C@H]2CC[C@H](Cc3nc4cc(Cl)ccc4[nH]3)CC2)cc1. The van der Waals surface area contributed by atoms with E-state index < -0.39 is 5.60 Å². The molecule has 0 unspecified atom stereocenters. The zero-order valence-electron chi connectivity index (χ0n) is 20.5. The summed E-state index contributed by atoms with van der Waals surface area (Å²) in [5, 5.41) is 0.724. The van der Waals surface area contributed by atoms with Gasteiger partial charge in [0.2, 0.25) is 5.88 Å². The van der Waals surface area contributed by atoms with E-state index in [1.807, 2.05) is 32.0 Å². The second kappa shape index (κ2) is 8.89. The molecule has 2 aromatic heterocycles. The van der Waals surface area contributed by atoms with Gasteiger partial charge < -0.3 is 15.5 Å². The van der Waals surface area contributed by atoms with E-state index >= 15 is 0 Å². The zero-order chi connectivity index (χ0) is 24.9. The van der Waals surface area contributed by atoms with Crippen LogP contribution < -0.4 is 10.5 Å². The summed E-state index contributed by atoms with van der Waals surface area (Å²) in [6, 6.07) is 14.6. The third-order valence-corrected chi connectivity index (χ3v) is 7.68. The van der Waals surface area contributed by atoms with Crippen LogP contribution in [0.4, 0.5) is 11.5 Å². The first-order chi connectivity index (χ1) is 17.4. The number of nitrogens with two attached hydrogens (primary N) is 1. The molecule has 8 heteroatoms. The summed E-state index contributed by atoms with van der Waals surface area (Å²) in [4.78, 5) is 21.3. The average Bonchev–Trinajstić information content (AvgIpc) is 3.25. The number of aliphatic imine (C=N–C) groups is 1. The van der Waals surface area contributed by atoms with Crippen LogP contribution in [0.1, 0.15) is 62.4 Å². The van der Waals surface area contributed by atoms with E-state index in [4.69, 9.17) is 32.0 Å². The van der Waals surface area contributed by atoms with Crippen LogP contribution >= 0.6 is 11.6 Å². The number of hydrogen-bond acceptors (Lipinski definition) is 6. The van der Waals surface area contributed by atoms with Gasteiger partial charge in [-0.2, -0.15) is 4.98 Å². The molecule has 0 atom stereocenters. The smallest absolute Gasteiger partial charge is 0.246 e. The summed E-state index contributed by atoms with van der Waals surface area (Å²) in [7, 11) is 0. The first-order valence-electron chi connectivity index (χ1n) is 12.5. The van der Waals surface area contributed by atoms with Gasteiger partial charge in [0.25, 0.3) is 0 Å². The molecule has 1 aliphatic carbocycles. The molecule has 0 spiro atoms. The van der Waals surface area contributed by atoms with Gasteiger partial charge in [-0.15, -0.1) is 0 Å². The molecule has 0 radical (unpaired) electrons. The lowest BCUT2D eigenvalue weighted by molar-refractivity contribution is 0.171. The number of anilines is 1. The summed E-state index contributed by atoms with van der Waals surface area (Å²) in [6.07, 6.45) is 7.17. The van der Waals surface area contributed by atoms with E-state index in [0.717, 1.165) is 39.6 Å². The van der Waals surface area contributed by atoms with Gasteiger partial charge >= 0.3 is 0 Å². The van der Waals surface area contributed by atoms with Crippen LogP contribution in [-0.2, 0) is 6.42 Å². The van der Waals surface area contributed by atoms with Crippen LogP contribution in [0.15, 0.2) is 53.8 Å². The molecule has 36 heavy (non-hydrogen) atoms. The number of aromatic nitrogens is 4. The highest BCUT2D eigenvalue weighted by molar-refractivity contribution is 6.31. The summed E-state index contributed by atoms with van der Waals surface area (Å²) < 4.78 is 6.12. The molecule has 2 aromatic carbocycles. The first-order valence-corrected chi connectivity index (χ1v) is 12.9. The summed E-state index contributed by atoms with van der Waals surface area (Å²) in [5.74, 6) is 3.04. The van der Waals surface area contributed by atoms with Gasteiger partial charge in [0.05, 0.1) is 16.7 Å². The van der Waals surface area contributed by atoms with E-state index in [9.17, 15) is 0 Å². The molecule has 184 valence electrons. The minimum absolute atomic E-state index is 0.327. The molecule has 1 aliphatic heterocycles. The Kier molecular flexibility index (Phi) is 5.67. The topological polar surface area (TPSA) is 102 Å². The van der Waals surface area contributed by atoms with Crippen molar-refractivity contribution in [1.82, 2.24) is 19.9 Å². The van der Waals surface area contributed by atoms with E-state index in [0.29, 0.717) is 29.2 Å². The number of imidazole rings is 1. The third-order valence-electron chi connectivity index (χ3n) is 7.44. The lowest BCUT2D eigenvalue weighted by atomic mass is 9.77. The molecule has 0 amide bonds. The van der Waals surface area contributed by atoms with E-state index in [2.05, 4.69) is 39.2 Å². The number of rotatable bonds is 4. The van der Waals surface area contributed by atoms with Gasteiger partial charge in [-0.3, -0.25) is 0 Å². The molecule has 2 aliphatic rings. The van der Waals surface area contributed by atoms with Crippen molar-refractivity contribution in [2.24, 2.45) is 10.9 Å². The molecular formula is C28H29ClN6O. The fraction of sp³-hybridized carbons (Fsp3) is 0.357. The lowest BCUT2D eigenvalue weighted by Gasteiger charge is -2.32. The van der Waals surface area contributed by atoms with Gasteiger partial charge in [0, 0.05) is 17.0 Å². The number of nitrogens with zero attached hydrogens (tertiary/aromatic N) is 4. The Hall–Kier alpha value is -3.45. The molecule has 0 bridgehead atoms. The van der Waals surface area contributed by atoms with Gasteiger partial charge in [0.15, 0.2) is 11.5 Å². The maximum atomic E-state index is 6.12. The second-order valence-electron chi connectivity index (χ2n) is 10.4. The van der Waals surface area contributed by atoms with Gasteiger partial charge in [-0.05, 0) is 75.1 Å². The second-order valence-corrected chi connectivity index (χ2v) is 10.8. The minimum Gasteiger partial charge on any atom is -0.463 e. The van der Waals surface area contributed by atoms with Crippen molar-refractivity contribution in [2.45, 2.75) is 57.5 Å². The Balaban J connectivity index is 1.13. The molecule has 4 aromatic rings. The van der Waals surface area contributed by atoms with Gasteiger partial charge in [-0.25, -0.2) is 15.0 Å². The number of nitrogens with one attached hydrogen (secondary N) is 1. The molecule has 0 saturated heterocycles. The maximum absolute atomic E-state index is 6.12. The first kappa shape index (κ1) is 23.0. The number of halogens is 1. The van der Waals surface area contributed by atoms with Crippen molar-refractivity contribution in [3.63, 3.8) is 0 Å². The van der Waals surface area contributed by atoms with Crippen molar-refractivity contribution in [3.8, 4) is 5.88 Å². The number of hydrogen-bond donors (Lipinski definition) is 2. The van der Waals surface area contributed by atoms with E-state index in [-0.39, 0.29) is 0 Å². The summed E-state index contributed by atoms with van der Waals surface area (Å²) >= 11 is 6.11. The average molecular weight is 501 g/mol. The Morgan fingerprint density at radius 1 is 1.06 bits per heavy atom. The fourth-order valence-electron chi connectivity index (χ4n) is 5.52. The number of H-pyrrole nitrogens is 1. The van der Waals surface area contributed by atoms with Crippen LogP contribution in [0.3, 0.4) is 0 Å². The van der Waals surface area contributed by atoms with E-state index in [1.54, 1.807) is 0 Å². The number of fused-ring (bicyclic) bond motifs is 2. The predicted octanol–water partition coefficient (Wildman–Crippen LogP) is 6.40. The molecule has 3 N–H and O–H groups in total. The quantitative estimate of drug-likeness (QED) is 0.337. The van der Waals surface area contributed by atoms with Crippen LogP contribution in [0.5, 0.6) is 5.88 Å². The maximum Gasteiger partial charge on any atom is 0.246 e. The molecule has 7 nitrogen and oxygen atoms in total. The molecule has 3 heterocycles. The van der Waals surface area contributed by atoms with Crippen molar-refractivity contribution >= 4 is 39.9 Å². The lowest BCUT2D eigenvalue weighted by Crippen LogP contribution is -2.41. The third kappa shape index (κ3) is 4.32. The normalized spacial score (nSPS) is 21.0. The minimum atomic E-state index is -0.616. The Labute approximate surface area is 215 Å². The highest BCUT2D eigenvalue weighted by Gasteiger charge is 2.35. The summed E-state index contributed by atoms with van der Waals surface area (Å²) in [6.45, 7) is 4.00. The molecular weight excluding hydrogens is 472 g/mol.